The number of hydrogen-bond donors (Lipinski definition) is 0. The topological polar surface area (TPSA) is 61.8 Å². The number of benzene rings is 1. The van der Waals surface area contributed by atoms with Gasteiger partial charge in [0.2, 0.25) is 0 Å². The number of carbonyl (C=O) groups is 2. The average Bonchev–Trinajstić information content (AvgIpc) is 2.66. The zero-order chi connectivity index (χ0) is 19.9. The SMILES string of the molecule is C#CCOC(=O)CCCCCCC(=O)OCC(=C)COc1ccccc1I. The van der Waals surface area contributed by atoms with E-state index < -0.39 is 0 Å². The van der Waals surface area contributed by atoms with Crippen molar-refractivity contribution in [1.82, 2.24) is 0 Å². The maximum Gasteiger partial charge on any atom is 0.306 e. The van der Waals surface area contributed by atoms with Gasteiger partial charge in [0.25, 0.3) is 0 Å². The lowest BCUT2D eigenvalue weighted by Gasteiger charge is -2.10. The number of unbranched alkanes of at least 4 members (excludes halogenated alkanes) is 3. The van der Waals surface area contributed by atoms with Crippen molar-refractivity contribution in [2.45, 2.75) is 38.5 Å². The van der Waals surface area contributed by atoms with Crippen LogP contribution in [0, 0.1) is 15.9 Å². The Kier molecular flexibility index (Phi) is 12.0. The fourth-order valence-corrected chi connectivity index (χ4v) is 2.67. The van der Waals surface area contributed by atoms with Gasteiger partial charge in [-0.1, -0.05) is 37.5 Å². The molecule has 27 heavy (non-hydrogen) atoms. The average molecular weight is 484 g/mol. The first-order valence-electron chi connectivity index (χ1n) is 8.81. The molecule has 6 heteroatoms. The summed E-state index contributed by atoms with van der Waals surface area (Å²) in [6, 6.07) is 7.69. The number of terminal acetylenes is 1. The van der Waals surface area contributed by atoms with E-state index in [2.05, 4.69) is 35.1 Å². The maximum absolute atomic E-state index is 11.7. The lowest BCUT2D eigenvalue weighted by Crippen LogP contribution is -2.11. The molecule has 0 atom stereocenters. The molecule has 0 radical (unpaired) electrons. The second-order valence-corrected chi connectivity index (χ2v) is 7.07. The van der Waals surface area contributed by atoms with Crippen molar-refractivity contribution in [3.63, 3.8) is 0 Å². The Balaban J connectivity index is 2.03. The van der Waals surface area contributed by atoms with Crippen molar-refractivity contribution in [1.29, 1.82) is 0 Å². The molecular weight excluding hydrogens is 459 g/mol. The first-order valence-corrected chi connectivity index (χ1v) is 9.89. The molecule has 0 saturated heterocycles. The van der Waals surface area contributed by atoms with E-state index in [0.29, 0.717) is 25.0 Å². The highest BCUT2D eigenvalue weighted by molar-refractivity contribution is 14.1. The molecule has 146 valence electrons. The third kappa shape index (κ3) is 11.3. The number of esters is 2. The van der Waals surface area contributed by atoms with Crippen molar-refractivity contribution >= 4 is 34.5 Å². The summed E-state index contributed by atoms with van der Waals surface area (Å²) in [5, 5.41) is 0. The van der Waals surface area contributed by atoms with Gasteiger partial charge >= 0.3 is 11.9 Å². The molecule has 1 aromatic rings. The quantitative estimate of drug-likeness (QED) is 0.138. The van der Waals surface area contributed by atoms with E-state index in [1.54, 1.807) is 0 Å². The Morgan fingerprint density at radius 2 is 1.63 bits per heavy atom. The molecule has 0 unspecified atom stereocenters. The van der Waals surface area contributed by atoms with Crippen LogP contribution < -0.4 is 4.74 Å². The Morgan fingerprint density at radius 1 is 1.00 bits per heavy atom. The first kappa shape index (κ1) is 23.0. The Hall–Kier alpha value is -2.01. The summed E-state index contributed by atoms with van der Waals surface area (Å²) in [4.78, 5) is 23.0. The minimum atomic E-state index is -0.279. The largest absolute Gasteiger partial charge is 0.488 e. The van der Waals surface area contributed by atoms with E-state index in [4.69, 9.17) is 20.6 Å². The van der Waals surface area contributed by atoms with E-state index >= 15 is 0 Å². The Morgan fingerprint density at radius 3 is 2.26 bits per heavy atom. The number of ether oxygens (including phenoxy) is 3. The fourth-order valence-electron chi connectivity index (χ4n) is 2.12. The summed E-state index contributed by atoms with van der Waals surface area (Å²) in [5.41, 5.74) is 0.702. The lowest BCUT2D eigenvalue weighted by molar-refractivity contribution is -0.143. The monoisotopic (exact) mass is 484 g/mol. The van der Waals surface area contributed by atoms with Crippen LogP contribution in [0.25, 0.3) is 0 Å². The van der Waals surface area contributed by atoms with Gasteiger partial charge in [-0.15, -0.1) is 6.42 Å². The van der Waals surface area contributed by atoms with Gasteiger partial charge < -0.3 is 14.2 Å². The second-order valence-electron chi connectivity index (χ2n) is 5.91. The lowest BCUT2D eigenvalue weighted by atomic mass is 10.1. The van der Waals surface area contributed by atoms with Crippen molar-refractivity contribution in [3.05, 3.63) is 40.0 Å². The highest BCUT2D eigenvalue weighted by atomic mass is 127. The van der Waals surface area contributed by atoms with Gasteiger partial charge in [-0.2, -0.15) is 0 Å². The van der Waals surface area contributed by atoms with Crippen molar-refractivity contribution in [2.24, 2.45) is 0 Å². The molecule has 0 fully saturated rings. The number of carbonyl (C=O) groups excluding carboxylic acids is 2. The Labute approximate surface area is 174 Å². The predicted octanol–water partition coefficient (Wildman–Crippen LogP) is 4.29. The van der Waals surface area contributed by atoms with Crippen LogP contribution in [0.1, 0.15) is 38.5 Å². The van der Waals surface area contributed by atoms with E-state index in [9.17, 15) is 9.59 Å². The third-order valence-corrected chi connectivity index (χ3v) is 4.43. The summed E-state index contributed by atoms with van der Waals surface area (Å²) in [5.74, 6) is 2.51. The molecule has 0 saturated carbocycles. The molecule has 0 aliphatic heterocycles. The van der Waals surface area contributed by atoms with E-state index in [1.807, 2.05) is 24.3 Å². The van der Waals surface area contributed by atoms with Crippen molar-refractivity contribution in [2.75, 3.05) is 19.8 Å². The molecular formula is C21H25IO5. The summed E-state index contributed by atoms with van der Waals surface area (Å²) in [7, 11) is 0. The van der Waals surface area contributed by atoms with Crippen LogP contribution in [-0.4, -0.2) is 31.8 Å². The predicted molar refractivity (Wildman–Crippen MR) is 112 cm³/mol. The summed E-state index contributed by atoms with van der Waals surface area (Å²) in [6.07, 6.45) is 8.88. The molecule has 0 spiro atoms. The number of para-hydroxylation sites is 1. The van der Waals surface area contributed by atoms with Gasteiger partial charge in [-0.3, -0.25) is 9.59 Å². The van der Waals surface area contributed by atoms with Crippen LogP contribution in [-0.2, 0) is 19.1 Å². The Bertz CT molecular complexity index is 663. The maximum atomic E-state index is 11.7. The number of rotatable bonds is 13. The molecule has 0 N–H and O–H groups in total. The van der Waals surface area contributed by atoms with E-state index in [1.165, 1.54) is 0 Å². The second kappa shape index (κ2) is 14.1. The van der Waals surface area contributed by atoms with Crippen LogP contribution in [0.15, 0.2) is 36.4 Å². The van der Waals surface area contributed by atoms with Crippen LogP contribution in [0.4, 0.5) is 0 Å². The minimum absolute atomic E-state index is 0.0194. The molecule has 1 aromatic carbocycles. The molecule has 5 nitrogen and oxygen atoms in total. The van der Waals surface area contributed by atoms with Crippen LogP contribution in [0.2, 0.25) is 0 Å². The van der Waals surface area contributed by atoms with Gasteiger partial charge in [0.1, 0.15) is 19.0 Å². The van der Waals surface area contributed by atoms with E-state index in [0.717, 1.165) is 35.0 Å². The number of halogens is 1. The van der Waals surface area contributed by atoms with Gasteiger partial charge in [0, 0.05) is 12.8 Å². The van der Waals surface area contributed by atoms with Crippen LogP contribution >= 0.6 is 22.6 Å². The third-order valence-electron chi connectivity index (χ3n) is 3.53. The highest BCUT2D eigenvalue weighted by Gasteiger charge is 2.06. The van der Waals surface area contributed by atoms with Gasteiger partial charge in [0.15, 0.2) is 6.61 Å². The van der Waals surface area contributed by atoms with Crippen molar-refractivity contribution in [3.8, 4) is 18.1 Å². The molecule has 0 heterocycles. The van der Waals surface area contributed by atoms with Gasteiger partial charge in [0.05, 0.1) is 3.57 Å². The normalized spacial score (nSPS) is 9.93. The van der Waals surface area contributed by atoms with Crippen LogP contribution in [0.5, 0.6) is 5.75 Å². The summed E-state index contributed by atoms with van der Waals surface area (Å²) >= 11 is 2.20. The van der Waals surface area contributed by atoms with Crippen molar-refractivity contribution < 1.29 is 23.8 Å². The van der Waals surface area contributed by atoms with Crippen LogP contribution in [0.3, 0.4) is 0 Å². The standard InChI is InChI=1S/C21H25IO5/c1-3-14-25-20(23)12-6-4-5-7-13-21(24)27-16-17(2)15-26-19-11-9-8-10-18(19)22/h1,8-11H,2,4-7,12-16H2. The first-order chi connectivity index (χ1) is 13.0. The molecule has 0 aliphatic rings. The zero-order valence-corrected chi connectivity index (χ0v) is 17.5. The minimum Gasteiger partial charge on any atom is -0.488 e. The van der Waals surface area contributed by atoms with Gasteiger partial charge in [-0.25, -0.2) is 0 Å². The molecule has 0 aromatic heterocycles. The summed E-state index contributed by atoms with van der Waals surface area (Å²) in [6.45, 7) is 4.35. The molecule has 0 aliphatic carbocycles. The highest BCUT2D eigenvalue weighted by Crippen LogP contribution is 2.20. The van der Waals surface area contributed by atoms with E-state index in [-0.39, 0.29) is 25.2 Å². The smallest absolute Gasteiger partial charge is 0.306 e. The zero-order valence-electron chi connectivity index (χ0n) is 15.4. The van der Waals surface area contributed by atoms with Gasteiger partial charge in [-0.05, 0) is 53.1 Å². The number of hydrogen-bond acceptors (Lipinski definition) is 5. The summed E-state index contributed by atoms with van der Waals surface area (Å²) < 4.78 is 16.6. The molecule has 0 bridgehead atoms. The molecule has 1 rings (SSSR count). The fraction of sp³-hybridized carbons (Fsp3) is 0.429. The molecule has 0 amide bonds.